The van der Waals surface area contributed by atoms with E-state index >= 15 is 0 Å². The summed E-state index contributed by atoms with van der Waals surface area (Å²) in [6.45, 7) is 1.36. The third-order valence-electron chi connectivity index (χ3n) is 4.73. The van der Waals surface area contributed by atoms with E-state index in [1.54, 1.807) is 0 Å². The number of amides is 2. The molecule has 36 heavy (non-hydrogen) atoms. The van der Waals surface area contributed by atoms with Crippen LogP contribution in [0.25, 0.3) is 11.4 Å². The smallest absolute Gasteiger partial charge is 0.413 e. The van der Waals surface area contributed by atoms with Crippen molar-refractivity contribution in [1.82, 2.24) is 34.9 Å². The van der Waals surface area contributed by atoms with Crippen LogP contribution >= 0.6 is 11.6 Å². The first-order chi connectivity index (χ1) is 17.2. The van der Waals surface area contributed by atoms with Crippen LogP contribution in [0.1, 0.15) is 28.9 Å². The standard InChI is InChI=1S/C21H16ClF2N9O3/c1-10(13-5-12(23)7-28-18(13)24)36-21(35)30-19-17(31-32-33(19)2)14-8-27-16(9-25-14)29-20(34)11-3-4-15(22)26-6-11/h3-10H,1-2H3,(H,30,35)(H,27,29,34)/t10-/m1/s1. The highest BCUT2D eigenvalue weighted by atomic mass is 35.5. The maximum Gasteiger partial charge on any atom is 0.413 e. The lowest BCUT2D eigenvalue weighted by atomic mass is 10.2. The van der Waals surface area contributed by atoms with Crippen molar-refractivity contribution < 1.29 is 23.1 Å². The molecule has 0 aliphatic carbocycles. The van der Waals surface area contributed by atoms with Gasteiger partial charge in [-0.1, -0.05) is 16.8 Å². The first kappa shape index (κ1) is 24.5. The fraction of sp³-hybridized carbons (Fsp3) is 0.143. The number of pyridine rings is 2. The van der Waals surface area contributed by atoms with E-state index in [2.05, 4.69) is 40.9 Å². The lowest BCUT2D eigenvalue weighted by Crippen LogP contribution is -2.19. The Kier molecular flexibility index (Phi) is 7.05. The Morgan fingerprint density at radius 1 is 1.06 bits per heavy atom. The van der Waals surface area contributed by atoms with E-state index in [9.17, 15) is 18.4 Å². The predicted octanol–water partition coefficient (Wildman–Crippen LogP) is 3.56. The van der Waals surface area contributed by atoms with Gasteiger partial charge in [-0.05, 0) is 25.1 Å². The SMILES string of the molecule is C[C@@H](OC(=O)Nc1c(-c2cnc(NC(=O)c3ccc(Cl)nc3)cn2)nnn1C)c1cc(F)cnc1F. The monoisotopic (exact) mass is 515 g/mol. The average Bonchev–Trinajstić information content (AvgIpc) is 3.21. The number of aryl methyl sites for hydroxylation is 1. The summed E-state index contributed by atoms with van der Waals surface area (Å²) >= 11 is 5.72. The summed E-state index contributed by atoms with van der Waals surface area (Å²) in [5.41, 5.74) is 0.407. The molecule has 0 unspecified atom stereocenters. The quantitative estimate of drug-likeness (QED) is 0.367. The number of anilines is 2. The lowest BCUT2D eigenvalue weighted by molar-refractivity contribution is 0.102. The highest BCUT2D eigenvalue weighted by Gasteiger charge is 2.22. The van der Waals surface area contributed by atoms with Crippen molar-refractivity contribution in [3.05, 3.63) is 71.0 Å². The zero-order valence-electron chi connectivity index (χ0n) is 18.6. The second-order valence-electron chi connectivity index (χ2n) is 7.23. The summed E-state index contributed by atoms with van der Waals surface area (Å²) in [6.07, 6.45) is 2.51. The molecule has 0 spiro atoms. The van der Waals surface area contributed by atoms with Gasteiger partial charge in [0.2, 0.25) is 5.95 Å². The second-order valence-corrected chi connectivity index (χ2v) is 7.61. The van der Waals surface area contributed by atoms with Gasteiger partial charge >= 0.3 is 6.09 Å². The maximum absolute atomic E-state index is 13.9. The van der Waals surface area contributed by atoms with Gasteiger partial charge in [-0.2, -0.15) is 4.39 Å². The van der Waals surface area contributed by atoms with Gasteiger partial charge in [-0.15, -0.1) is 5.10 Å². The minimum absolute atomic E-state index is 0.100. The molecule has 4 aromatic heterocycles. The Morgan fingerprint density at radius 2 is 1.86 bits per heavy atom. The van der Waals surface area contributed by atoms with Crippen LogP contribution in [0.3, 0.4) is 0 Å². The number of carbonyl (C=O) groups excluding carboxylic acids is 2. The number of halogens is 3. The Morgan fingerprint density at radius 3 is 2.56 bits per heavy atom. The van der Waals surface area contributed by atoms with Crippen LogP contribution in [-0.2, 0) is 11.8 Å². The van der Waals surface area contributed by atoms with Crippen LogP contribution in [0.15, 0.2) is 43.0 Å². The number of hydrogen-bond acceptors (Lipinski definition) is 9. The summed E-state index contributed by atoms with van der Waals surface area (Å²) in [7, 11) is 1.51. The van der Waals surface area contributed by atoms with Gasteiger partial charge in [0.05, 0.1) is 29.7 Å². The highest BCUT2D eigenvalue weighted by Crippen LogP contribution is 2.25. The molecule has 0 radical (unpaired) electrons. The van der Waals surface area contributed by atoms with Gasteiger partial charge < -0.3 is 10.1 Å². The van der Waals surface area contributed by atoms with Crippen molar-refractivity contribution in [2.75, 3.05) is 10.6 Å². The van der Waals surface area contributed by atoms with Crippen LogP contribution < -0.4 is 10.6 Å². The number of ether oxygens (including phenoxy) is 1. The molecule has 4 heterocycles. The molecule has 4 rings (SSSR count). The predicted molar refractivity (Wildman–Crippen MR) is 122 cm³/mol. The number of nitrogens with zero attached hydrogens (tertiary/aromatic N) is 7. The third-order valence-corrected chi connectivity index (χ3v) is 4.95. The van der Waals surface area contributed by atoms with E-state index in [1.165, 1.54) is 49.4 Å². The molecule has 0 fully saturated rings. The first-order valence-corrected chi connectivity index (χ1v) is 10.5. The van der Waals surface area contributed by atoms with Crippen molar-refractivity contribution >= 4 is 35.2 Å². The van der Waals surface area contributed by atoms with Crippen molar-refractivity contribution in [3.8, 4) is 11.4 Å². The molecule has 1 atom stereocenters. The molecule has 0 saturated heterocycles. The molecular formula is C21H16ClF2N9O3. The molecule has 184 valence electrons. The largest absolute Gasteiger partial charge is 0.441 e. The summed E-state index contributed by atoms with van der Waals surface area (Å²) in [5, 5.41) is 13.1. The topological polar surface area (TPSA) is 150 Å². The van der Waals surface area contributed by atoms with Crippen LogP contribution in [0.2, 0.25) is 5.15 Å². The molecule has 0 aromatic carbocycles. The van der Waals surface area contributed by atoms with Gasteiger partial charge in [0.1, 0.15) is 22.8 Å². The normalized spacial score (nSPS) is 11.6. The molecule has 0 aliphatic rings. The molecule has 4 aromatic rings. The Hall–Kier alpha value is -4.59. The Labute approximate surface area is 206 Å². The Balaban J connectivity index is 1.45. The number of aromatic nitrogens is 7. The Bertz CT molecular complexity index is 1420. The van der Waals surface area contributed by atoms with Crippen LogP contribution in [0, 0.1) is 11.8 Å². The van der Waals surface area contributed by atoms with Crippen LogP contribution in [0.4, 0.5) is 25.2 Å². The van der Waals surface area contributed by atoms with Gasteiger partial charge in [-0.25, -0.2) is 33.8 Å². The van der Waals surface area contributed by atoms with E-state index in [4.69, 9.17) is 16.3 Å². The van der Waals surface area contributed by atoms with E-state index in [0.29, 0.717) is 6.20 Å². The van der Waals surface area contributed by atoms with Crippen molar-refractivity contribution in [2.24, 2.45) is 7.05 Å². The van der Waals surface area contributed by atoms with E-state index in [1.807, 2.05) is 0 Å². The van der Waals surface area contributed by atoms with Crippen molar-refractivity contribution in [1.29, 1.82) is 0 Å². The molecule has 0 aliphatic heterocycles. The van der Waals surface area contributed by atoms with Gasteiger partial charge in [-0.3, -0.25) is 10.1 Å². The number of rotatable bonds is 6. The van der Waals surface area contributed by atoms with Crippen LogP contribution in [0.5, 0.6) is 0 Å². The number of carbonyl (C=O) groups is 2. The average molecular weight is 516 g/mol. The molecule has 2 amide bonds. The molecular weight excluding hydrogens is 500 g/mol. The van der Waals surface area contributed by atoms with Gasteiger partial charge in [0.25, 0.3) is 5.91 Å². The minimum Gasteiger partial charge on any atom is -0.441 e. The first-order valence-electron chi connectivity index (χ1n) is 10.1. The zero-order chi connectivity index (χ0) is 25.8. The highest BCUT2D eigenvalue weighted by molar-refractivity contribution is 6.29. The fourth-order valence-corrected chi connectivity index (χ4v) is 3.07. The summed E-state index contributed by atoms with van der Waals surface area (Å²) in [6, 6.07) is 3.87. The zero-order valence-corrected chi connectivity index (χ0v) is 19.4. The summed E-state index contributed by atoms with van der Waals surface area (Å²) in [4.78, 5) is 40.2. The van der Waals surface area contributed by atoms with E-state index in [-0.39, 0.29) is 39.3 Å². The fourth-order valence-electron chi connectivity index (χ4n) is 2.96. The molecule has 0 bridgehead atoms. The molecule has 0 saturated carbocycles. The molecule has 2 N–H and O–H groups in total. The summed E-state index contributed by atoms with van der Waals surface area (Å²) < 4.78 is 33.6. The summed E-state index contributed by atoms with van der Waals surface area (Å²) in [5.74, 6) is -1.96. The maximum atomic E-state index is 13.9. The van der Waals surface area contributed by atoms with E-state index < -0.39 is 29.9 Å². The number of nitrogens with one attached hydrogen (secondary N) is 2. The lowest BCUT2D eigenvalue weighted by Gasteiger charge is -2.15. The third kappa shape index (κ3) is 5.55. The van der Waals surface area contributed by atoms with Gasteiger partial charge in [0, 0.05) is 13.2 Å². The van der Waals surface area contributed by atoms with E-state index in [0.717, 1.165) is 6.07 Å². The van der Waals surface area contributed by atoms with Crippen molar-refractivity contribution in [3.63, 3.8) is 0 Å². The number of hydrogen-bond donors (Lipinski definition) is 2. The molecule has 15 heteroatoms. The minimum atomic E-state index is -1.14. The molecule has 12 nitrogen and oxygen atoms in total. The second kappa shape index (κ2) is 10.4. The van der Waals surface area contributed by atoms with Gasteiger partial charge in [0.15, 0.2) is 17.3 Å². The van der Waals surface area contributed by atoms with Crippen molar-refractivity contribution in [2.45, 2.75) is 13.0 Å². The van der Waals surface area contributed by atoms with Crippen LogP contribution in [-0.4, -0.2) is 46.9 Å².